The maximum atomic E-state index is 12.6. The number of hydrogen-bond acceptors (Lipinski definition) is 6. The van der Waals surface area contributed by atoms with Gasteiger partial charge >= 0.3 is 0 Å². The van der Waals surface area contributed by atoms with Crippen molar-refractivity contribution in [2.45, 2.75) is 26.2 Å². The predicted octanol–water partition coefficient (Wildman–Crippen LogP) is 2.46. The van der Waals surface area contributed by atoms with Gasteiger partial charge in [-0.25, -0.2) is 0 Å². The first kappa shape index (κ1) is 26.6. The molecule has 1 atom stereocenters. The molecule has 0 unspecified atom stereocenters. The van der Waals surface area contributed by atoms with E-state index in [2.05, 4.69) is 15.5 Å². The summed E-state index contributed by atoms with van der Waals surface area (Å²) in [6.45, 7) is 7.21. The van der Waals surface area contributed by atoms with Crippen molar-refractivity contribution < 1.29 is 23.9 Å². The van der Waals surface area contributed by atoms with Gasteiger partial charge in [0.15, 0.2) is 6.61 Å². The molecule has 2 heterocycles. The van der Waals surface area contributed by atoms with Gasteiger partial charge in [-0.2, -0.15) is 0 Å². The number of carbonyl (C=O) groups is 3. The van der Waals surface area contributed by atoms with Crippen molar-refractivity contribution in [3.63, 3.8) is 0 Å². The van der Waals surface area contributed by atoms with Crippen molar-refractivity contribution in [1.82, 2.24) is 10.2 Å². The molecule has 9 heteroatoms. The van der Waals surface area contributed by atoms with Crippen LogP contribution in [-0.2, 0) is 25.5 Å². The minimum Gasteiger partial charge on any atom is -0.484 e. The van der Waals surface area contributed by atoms with Gasteiger partial charge in [0.05, 0.1) is 19.1 Å². The summed E-state index contributed by atoms with van der Waals surface area (Å²) in [7, 11) is 0. The van der Waals surface area contributed by atoms with Crippen LogP contribution in [0, 0.1) is 5.92 Å². The topological polar surface area (TPSA) is 100 Å². The van der Waals surface area contributed by atoms with Gasteiger partial charge in [0.1, 0.15) is 5.75 Å². The summed E-state index contributed by atoms with van der Waals surface area (Å²) in [5.41, 5.74) is 2.56. The summed E-state index contributed by atoms with van der Waals surface area (Å²) in [6.07, 6.45) is 1.90. The number of morpholine rings is 1. The Labute approximate surface area is 218 Å². The highest BCUT2D eigenvalue weighted by Crippen LogP contribution is 2.27. The van der Waals surface area contributed by atoms with Crippen LogP contribution in [-0.4, -0.2) is 75.2 Å². The molecule has 0 aliphatic carbocycles. The third kappa shape index (κ3) is 7.53. The first-order chi connectivity index (χ1) is 18.0. The molecule has 2 aromatic rings. The molecule has 37 heavy (non-hydrogen) atoms. The molecule has 3 amide bonds. The smallest absolute Gasteiger partial charge is 0.262 e. The Morgan fingerprint density at radius 3 is 2.59 bits per heavy atom. The van der Waals surface area contributed by atoms with Crippen LogP contribution in [0.2, 0.25) is 0 Å². The Balaban J connectivity index is 1.20. The lowest BCUT2D eigenvalue weighted by Gasteiger charge is -2.26. The van der Waals surface area contributed by atoms with Gasteiger partial charge < -0.3 is 25.0 Å². The fourth-order valence-corrected chi connectivity index (χ4v) is 4.62. The first-order valence-electron chi connectivity index (χ1n) is 13.0. The van der Waals surface area contributed by atoms with E-state index in [1.165, 1.54) is 0 Å². The van der Waals surface area contributed by atoms with Gasteiger partial charge in [0.2, 0.25) is 11.8 Å². The zero-order chi connectivity index (χ0) is 26.0. The molecule has 2 fully saturated rings. The molecule has 2 aliphatic heterocycles. The lowest BCUT2D eigenvalue weighted by molar-refractivity contribution is -0.126. The standard InChI is InChI=1S/C28H36N4O5/c1-2-21-6-3-4-7-25(21)30-26(33)20-37-24-10-8-23(9-11-24)32-19-22(18-27(32)34)28(35)29-12-5-13-31-14-16-36-17-15-31/h3-4,6-11,22H,2,5,12-20H2,1H3,(H,29,35)(H,30,33)/t22-/m0/s1. The van der Waals surface area contributed by atoms with Crippen molar-refractivity contribution in [3.8, 4) is 5.75 Å². The minimum atomic E-state index is -0.360. The predicted molar refractivity (Wildman–Crippen MR) is 142 cm³/mol. The Morgan fingerprint density at radius 1 is 1.08 bits per heavy atom. The highest BCUT2D eigenvalue weighted by Gasteiger charge is 2.35. The van der Waals surface area contributed by atoms with Crippen LogP contribution in [0.4, 0.5) is 11.4 Å². The van der Waals surface area contributed by atoms with Gasteiger partial charge in [-0.1, -0.05) is 25.1 Å². The van der Waals surface area contributed by atoms with Crippen LogP contribution in [0.5, 0.6) is 5.75 Å². The Hall–Kier alpha value is -3.43. The van der Waals surface area contributed by atoms with Crippen LogP contribution in [0.1, 0.15) is 25.3 Å². The molecule has 9 nitrogen and oxygen atoms in total. The summed E-state index contributed by atoms with van der Waals surface area (Å²) in [4.78, 5) is 41.5. The van der Waals surface area contributed by atoms with E-state index in [9.17, 15) is 14.4 Å². The second-order valence-electron chi connectivity index (χ2n) is 9.35. The van der Waals surface area contributed by atoms with Crippen LogP contribution >= 0.6 is 0 Å². The van der Waals surface area contributed by atoms with E-state index in [1.807, 2.05) is 31.2 Å². The molecule has 0 spiro atoms. The second-order valence-corrected chi connectivity index (χ2v) is 9.35. The van der Waals surface area contributed by atoms with Crippen molar-refractivity contribution in [3.05, 3.63) is 54.1 Å². The van der Waals surface area contributed by atoms with E-state index in [4.69, 9.17) is 9.47 Å². The van der Waals surface area contributed by atoms with Crippen molar-refractivity contribution >= 4 is 29.1 Å². The first-order valence-corrected chi connectivity index (χ1v) is 13.0. The van der Waals surface area contributed by atoms with Crippen molar-refractivity contribution in [2.75, 3.05) is 62.8 Å². The Kier molecular flexibility index (Phi) is 9.51. The van der Waals surface area contributed by atoms with Crippen LogP contribution in [0.3, 0.4) is 0 Å². The largest absolute Gasteiger partial charge is 0.484 e. The number of benzene rings is 2. The molecule has 0 saturated carbocycles. The number of anilines is 2. The summed E-state index contributed by atoms with van der Waals surface area (Å²) in [6, 6.07) is 14.7. The summed E-state index contributed by atoms with van der Waals surface area (Å²) >= 11 is 0. The number of ether oxygens (including phenoxy) is 2. The van der Waals surface area contributed by atoms with Crippen LogP contribution in [0.15, 0.2) is 48.5 Å². The van der Waals surface area contributed by atoms with E-state index >= 15 is 0 Å². The monoisotopic (exact) mass is 508 g/mol. The van der Waals surface area contributed by atoms with Crippen LogP contribution < -0.4 is 20.3 Å². The molecule has 2 saturated heterocycles. The quantitative estimate of drug-likeness (QED) is 0.453. The second kappa shape index (κ2) is 13.2. The molecule has 0 radical (unpaired) electrons. The highest BCUT2D eigenvalue weighted by atomic mass is 16.5. The molecule has 0 aromatic heterocycles. The normalized spacial score (nSPS) is 18.0. The summed E-state index contributed by atoms with van der Waals surface area (Å²) < 4.78 is 11.0. The molecule has 2 N–H and O–H groups in total. The molecule has 198 valence electrons. The lowest BCUT2D eigenvalue weighted by Crippen LogP contribution is -2.39. The summed E-state index contributed by atoms with van der Waals surface area (Å²) in [5, 5.41) is 5.87. The number of amides is 3. The number of carbonyl (C=O) groups excluding carboxylic acids is 3. The lowest BCUT2D eigenvalue weighted by atomic mass is 10.1. The SMILES string of the molecule is CCc1ccccc1NC(=O)COc1ccc(N2C[C@@H](C(=O)NCCCN3CCOCC3)CC2=O)cc1. The maximum absolute atomic E-state index is 12.6. The van der Waals surface area contributed by atoms with E-state index in [-0.39, 0.29) is 36.7 Å². The molecule has 2 aromatic carbocycles. The van der Waals surface area contributed by atoms with Crippen molar-refractivity contribution in [2.24, 2.45) is 5.92 Å². The number of hydrogen-bond donors (Lipinski definition) is 2. The third-order valence-electron chi connectivity index (χ3n) is 6.74. The minimum absolute atomic E-state index is 0.0731. The Bertz CT molecular complexity index is 1070. The maximum Gasteiger partial charge on any atom is 0.262 e. The highest BCUT2D eigenvalue weighted by molar-refractivity contribution is 6.00. The fourth-order valence-electron chi connectivity index (χ4n) is 4.62. The fraction of sp³-hybridized carbons (Fsp3) is 0.464. The number of aryl methyl sites for hydroxylation is 1. The van der Waals surface area contributed by atoms with Gasteiger partial charge in [0, 0.05) is 44.0 Å². The zero-order valence-corrected chi connectivity index (χ0v) is 21.4. The van der Waals surface area contributed by atoms with E-state index in [0.29, 0.717) is 24.5 Å². The summed E-state index contributed by atoms with van der Waals surface area (Å²) in [5.74, 6) is -0.214. The average molecular weight is 509 g/mol. The average Bonchev–Trinajstić information content (AvgIpc) is 3.32. The van der Waals surface area contributed by atoms with Gasteiger partial charge in [-0.3, -0.25) is 19.3 Å². The zero-order valence-electron chi connectivity index (χ0n) is 21.4. The van der Waals surface area contributed by atoms with E-state index < -0.39 is 0 Å². The molecule has 2 aliphatic rings. The van der Waals surface area contributed by atoms with Crippen LogP contribution in [0.25, 0.3) is 0 Å². The number of para-hydroxylation sites is 1. The Morgan fingerprint density at radius 2 is 1.84 bits per heavy atom. The molecular weight excluding hydrogens is 472 g/mol. The molecule has 0 bridgehead atoms. The molecule has 4 rings (SSSR count). The number of nitrogens with one attached hydrogen (secondary N) is 2. The van der Waals surface area contributed by atoms with E-state index in [0.717, 1.165) is 56.9 Å². The number of nitrogens with zero attached hydrogens (tertiary/aromatic N) is 2. The van der Waals surface area contributed by atoms with Gasteiger partial charge in [0.25, 0.3) is 5.91 Å². The van der Waals surface area contributed by atoms with Gasteiger partial charge in [-0.05, 0) is 55.3 Å². The molecular formula is C28H36N4O5. The van der Waals surface area contributed by atoms with Crippen molar-refractivity contribution in [1.29, 1.82) is 0 Å². The van der Waals surface area contributed by atoms with Gasteiger partial charge in [-0.15, -0.1) is 0 Å². The third-order valence-corrected chi connectivity index (χ3v) is 6.74. The number of rotatable bonds is 11. The van der Waals surface area contributed by atoms with E-state index in [1.54, 1.807) is 29.2 Å².